The third-order valence-electron chi connectivity index (χ3n) is 4.38. The largest absolute Gasteiger partial charge is 0.192 e. The summed E-state index contributed by atoms with van der Waals surface area (Å²) < 4.78 is 0. The fraction of sp³-hybridized carbons (Fsp3) is 0. The average molecular weight is 304 g/mol. The summed E-state index contributed by atoms with van der Waals surface area (Å²) in [6.07, 6.45) is 0. The van der Waals surface area contributed by atoms with E-state index in [1.165, 1.54) is 0 Å². The molecule has 0 saturated heterocycles. The van der Waals surface area contributed by atoms with Crippen molar-refractivity contribution in [2.24, 2.45) is 0 Å². The third kappa shape index (κ3) is 2.02. The summed E-state index contributed by atoms with van der Waals surface area (Å²) in [5.74, 6) is 0. The van der Waals surface area contributed by atoms with Gasteiger partial charge >= 0.3 is 0 Å². The normalized spacial score (nSPS) is 10.4. The van der Waals surface area contributed by atoms with Crippen molar-refractivity contribution >= 4 is 21.5 Å². The average Bonchev–Trinajstić information content (AvgIpc) is 2.66. The summed E-state index contributed by atoms with van der Waals surface area (Å²) in [5, 5.41) is 22.7. The summed E-state index contributed by atoms with van der Waals surface area (Å²) >= 11 is 0. The maximum atomic E-state index is 9.35. The first kappa shape index (κ1) is 14.0. The highest BCUT2D eigenvalue weighted by atomic mass is 14.3. The molecule has 0 aliphatic rings. The monoisotopic (exact) mass is 304 g/mol. The maximum absolute atomic E-state index is 9.35. The van der Waals surface area contributed by atoms with Crippen molar-refractivity contribution in [2.75, 3.05) is 0 Å². The molecule has 0 aliphatic heterocycles. The molecule has 0 heterocycles. The Kier molecular flexibility index (Phi) is 3.23. The Bertz CT molecular complexity index is 1080. The van der Waals surface area contributed by atoms with Crippen LogP contribution in [0.2, 0.25) is 0 Å². The smallest absolute Gasteiger partial charge is 0.0998 e. The van der Waals surface area contributed by atoms with E-state index < -0.39 is 0 Å². The van der Waals surface area contributed by atoms with Gasteiger partial charge in [0, 0.05) is 10.8 Å². The summed E-state index contributed by atoms with van der Waals surface area (Å²) in [6, 6.07) is 28.1. The van der Waals surface area contributed by atoms with E-state index in [0.717, 1.165) is 32.7 Å². The van der Waals surface area contributed by atoms with Crippen LogP contribution < -0.4 is 0 Å². The lowest BCUT2D eigenvalue weighted by atomic mass is 9.91. The molecule has 4 aromatic carbocycles. The van der Waals surface area contributed by atoms with Crippen molar-refractivity contribution < 1.29 is 0 Å². The molecule has 0 aliphatic carbocycles. The minimum Gasteiger partial charge on any atom is -0.192 e. The predicted molar refractivity (Wildman–Crippen MR) is 96.3 cm³/mol. The summed E-state index contributed by atoms with van der Waals surface area (Å²) in [7, 11) is 0. The van der Waals surface area contributed by atoms with Gasteiger partial charge in [-0.3, -0.25) is 0 Å². The SMILES string of the molecule is N#Cc1ccc(-c2ccc(C#N)c3ccccc23)c2ccccc12. The Balaban J connectivity index is 2.13. The van der Waals surface area contributed by atoms with E-state index in [1.54, 1.807) is 0 Å². The van der Waals surface area contributed by atoms with Crippen molar-refractivity contribution in [1.82, 2.24) is 0 Å². The van der Waals surface area contributed by atoms with Gasteiger partial charge in [0.25, 0.3) is 0 Å². The number of rotatable bonds is 1. The molecule has 0 bridgehead atoms. The molecule has 0 fully saturated rings. The quantitative estimate of drug-likeness (QED) is 0.472. The lowest BCUT2D eigenvalue weighted by Gasteiger charge is -2.12. The molecule has 0 radical (unpaired) electrons. The number of nitrogens with zero attached hydrogens (tertiary/aromatic N) is 2. The van der Waals surface area contributed by atoms with Crippen LogP contribution in [0.15, 0.2) is 72.8 Å². The molecular formula is C22H12N2. The first-order chi connectivity index (χ1) is 11.8. The van der Waals surface area contributed by atoms with Crippen LogP contribution >= 0.6 is 0 Å². The fourth-order valence-corrected chi connectivity index (χ4v) is 3.26. The molecule has 110 valence electrons. The number of hydrogen-bond donors (Lipinski definition) is 0. The second kappa shape index (κ2) is 5.54. The van der Waals surface area contributed by atoms with Crippen LogP contribution in [0, 0.1) is 22.7 Å². The van der Waals surface area contributed by atoms with Crippen molar-refractivity contribution in [2.45, 2.75) is 0 Å². The van der Waals surface area contributed by atoms with Crippen LogP contribution in [0.25, 0.3) is 32.7 Å². The summed E-state index contributed by atoms with van der Waals surface area (Å²) in [6.45, 7) is 0. The summed E-state index contributed by atoms with van der Waals surface area (Å²) in [4.78, 5) is 0. The van der Waals surface area contributed by atoms with Gasteiger partial charge in [-0.1, -0.05) is 60.7 Å². The van der Waals surface area contributed by atoms with Crippen molar-refractivity contribution in [1.29, 1.82) is 10.5 Å². The molecule has 0 aromatic heterocycles. The van der Waals surface area contributed by atoms with Gasteiger partial charge in [0.1, 0.15) is 0 Å². The lowest BCUT2D eigenvalue weighted by Crippen LogP contribution is -1.88. The first-order valence-electron chi connectivity index (χ1n) is 7.67. The van der Waals surface area contributed by atoms with Crippen LogP contribution in [0.5, 0.6) is 0 Å². The highest BCUT2D eigenvalue weighted by Crippen LogP contribution is 2.36. The van der Waals surface area contributed by atoms with Crippen molar-refractivity contribution in [3.8, 4) is 23.3 Å². The lowest BCUT2D eigenvalue weighted by molar-refractivity contribution is 1.50. The van der Waals surface area contributed by atoms with E-state index in [0.29, 0.717) is 11.1 Å². The Morgan fingerprint density at radius 2 is 0.833 bits per heavy atom. The zero-order valence-corrected chi connectivity index (χ0v) is 12.8. The maximum Gasteiger partial charge on any atom is 0.0998 e. The molecule has 2 nitrogen and oxygen atoms in total. The van der Waals surface area contributed by atoms with Gasteiger partial charge in [0.2, 0.25) is 0 Å². The van der Waals surface area contributed by atoms with Crippen LogP contribution in [0.3, 0.4) is 0 Å². The molecule has 4 rings (SSSR count). The van der Waals surface area contributed by atoms with Gasteiger partial charge in [-0.25, -0.2) is 0 Å². The Morgan fingerprint density at radius 1 is 0.458 bits per heavy atom. The second-order valence-corrected chi connectivity index (χ2v) is 5.64. The molecule has 0 atom stereocenters. The molecule has 24 heavy (non-hydrogen) atoms. The molecule has 0 amide bonds. The number of hydrogen-bond acceptors (Lipinski definition) is 2. The predicted octanol–water partition coefficient (Wildman–Crippen LogP) is 5.40. The number of nitriles is 2. The van der Waals surface area contributed by atoms with E-state index in [-0.39, 0.29) is 0 Å². The van der Waals surface area contributed by atoms with Gasteiger partial charge in [-0.2, -0.15) is 10.5 Å². The zero-order valence-electron chi connectivity index (χ0n) is 12.8. The van der Waals surface area contributed by atoms with Gasteiger partial charge in [-0.15, -0.1) is 0 Å². The minimum atomic E-state index is 0.673. The number of benzene rings is 4. The highest BCUT2D eigenvalue weighted by molar-refractivity contribution is 6.07. The Labute approximate surface area is 139 Å². The van der Waals surface area contributed by atoms with Crippen LogP contribution in [-0.4, -0.2) is 0 Å². The second-order valence-electron chi connectivity index (χ2n) is 5.64. The van der Waals surface area contributed by atoms with E-state index >= 15 is 0 Å². The fourth-order valence-electron chi connectivity index (χ4n) is 3.26. The van der Waals surface area contributed by atoms with Gasteiger partial charge in [0.15, 0.2) is 0 Å². The molecule has 0 saturated carbocycles. The number of fused-ring (bicyclic) bond motifs is 2. The molecular weight excluding hydrogens is 292 g/mol. The highest BCUT2D eigenvalue weighted by Gasteiger charge is 2.11. The Morgan fingerprint density at radius 3 is 1.21 bits per heavy atom. The van der Waals surface area contributed by atoms with Crippen LogP contribution in [0.4, 0.5) is 0 Å². The molecule has 2 heteroatoms. The minimum absolute atomic E-state index is 0.673. The van der Waals surface area contributed by atoms with Gasteiger partial charge in [-0.05, 0) is 34.0 Å². The molecule has 0 spiro atoms. The van der Waals surface area contributed by atoms with Gasteiger partial charge in [0.05, 0.1) is 23.3 Å². The van der Waals surface area contributed by atoms with Crippen molar-refractivity contribution in [3.63, 3.8) is 0 Å². The van der Waals surface area contributed by atoms with Gasteiger partial charge < -0.3 is 0 Å². The first-order valence-corrected chi connectivity index (χ1v) is 7.67. The Hall–Kier alpha value is -3.62. The van der Waals surface area contributed by atoms with Crippen LogP contribution in [0.1, 0.15) is 11.1 Å². The zero-order chi connectivity index (χ0) is 16.5. The topological polar surface area (TPSA) is 47.6 Å². The van der Waals surface area contributed by atoms with E-state index in [4.69, 9.17) is 0 Å². The summed E-state index contributed by atoms with van der Waals surface area (Å²) in [5.41, 5.74) is 3.50. The van der Waals surface area contributed by atoms with E-state index in [2.05, 4.69) is 12.1 Å². The standard InChI is InChI=1S/C22H12N2/c23-13-15-9-11-21(19-7-3-1-5-17(15)19)22-12-10-16(14-24)18-6-2-4-8-20(18)22/h1-12H. The van der Waals surface area contributed by atoms with Crippen molar-refractivity contribution in [3.05, 3.63) is 83.9 Å². The molecule has 4 aromatic rings. The molecule has 0 N–H and O–H groups in total. The van der Waals surface area contributed by atoms with Crippen LogP contribution in [-0.2, 0) is 0 Å². The molecule has 0 unspecified atom stereocenters. The van der Waals surface area contributed by atoms with E-state index in [1.807, 2.05) is 72.8 Å². The third-order valence-corrected chi connectivity index (χ3v) is 4.38. The van der Waals surface area contributed by atoms with E-state index in [9.17, 15) is 10.5 Å².